The van der Waals surface area contributed by atoms with E-state index in [4.69, 9.17) is 4.74 Å². The molecule has 0 bridgehead atoms. The van der Waals surface area contributed by atoms with E-state index in [-0.39, 0.29) is 0 Å². The molecule has 1 N–H and O–H groups in total. The number of hydrogen-bond acceptors (Lipinski definition) is 2. The lowest BCUT2D eigenvalue weighted by Gasteiger charge is -2.10. The molecule has 0 heterocycles. The van der Waals surface area contributed by atoms with Gasteiger partial charge in [-0.25, -0.2) is 0 Å². The molecule has 0 fully saturated rings. The number of aliphatic hydroxyl groups is 1. The van der Waals surface area contributed by atoms with Crippen LogP contribution < -0.4 is 4.74 Å². The van der Waals surface area contributed by atoms with Crippen molar-refractivity contribution >= 4 is 0 Å². The summed E-state index contributed by atoms with van der Waals surface area (Å²) in [6, 6.07) is 15.9. The highest BCUT2D eigenvalue weighted by Gasteiger charge is 2.06. The number of benzene rings is 2. The van der Waals surface area contributed by atoms with Crippen LogP contribution >= 0.6 is 0 Å². The largest absolute Gasteiger partial charge is 0.497 e. The average molecular weight is 242 g/mol. The highest BCUT2D eigenvalue weighted by Crippen LogP contribution is 2.26. The number of aliphatic hydroxyl groups excluding tert-OH is 1. The summed E-state index contributed by atoms with van der Waals surface area (Å²) >= 11 is 0. The number of methoxy groups -OCH3 is 1. The summed E-state index contributed by atoms with van der Waals surface area (Å²) in [6.45, 7) is 1.98. The summed E-state index contributed by atoms with van der Waals surface area (Å²) in [4.78, 5) is 0. The Bertz CT molecular complexity index is 520. The van der Waals surface area contributed by atoms with Crippen molar-refractivity contribution < 1.29 is 9.84 Å². The maximum atomic E-state index is 9.88. The van der Waals surface area contributed by atoms with Crippen LogP contribution in [0.15, 0.2) is 48.5 Å². The molecule has 0 saturated heterocycles. The van der Waals surface area contributed by atoms with Crippen molar-refractivity contribution in [3.8, 4) is 16.9 Å². The smallest absolute Gasteiger partial charge is 0.119 e. The van der Waals surface area contributed by atoms with E-state index in [0.29, 0.717) is 0 Å². The first-order valence-corrected chi connectivity index (χ1v) is 6.17. The van der Waals surface area contributed by atoms with Gasteiger partial charge in [-0.15, -0.1) is 0 Å². The van der Waals surface area contributed by atoms with Gasteiger partial charge in [-0.05, 0) is 41.3 Å². The Morgan fingerprint density at radius 1 is 1.06 bits per heavy atom. The van der Waals surface area contributed by atoms with Crippen LogP contribution in [0.2, 0.25) is 0 Å². The molecule has 2 aromatic carbocycles. The Morgan fingerprint density at radius 3 is 2.39 bits per heavy atom. The summed E-state index contributed by atoms with van der Waals surface area (Å²) < 4.78 is 5.23. The summed E-state index contributed by atoms with van der Waals surface area (Å²) in [6.07, 6.45) is 0.331. The molecule has 0 aliphatic heterocycles. The number of rotatable bonds is 4. The molecule has 18 heavy (non-hydrogen) atoms. The molecule has 2 heteroatoms. The van der Waals surface area contributed by atoms with E-state index in [1.165, 1.54) is 0 Å². The lowest BCUT2D eigenvalue weighted by molar-refractivity contribution is 0.174. The zero-order valence-electron chi connectivity index (χ0n) is 10.8. The molecule has 2 aromatic rings. The average Bonchev–Trinajstić information content (AvgIpc) is 2.46. The minimum Gasteiger partial charge on any atom is -0.497 e. The maximum absolute atomic E-state index is 9.88. The molecule has 2 rings (SSSR count). The normalized spacial score (nSPS) is 12.2. The standard InChI is InChI=1S/C16H18O2/c1-3-16(17)14-8-4-6-12(10-14)13-7-5-9-15(11-13)18-2/h4-11,16-17H,3H2,1-2H3. The molecule has 0 radical (unpaired) electrons. The molecule has 0 amide bonds. The number of hydrogen-bond donors (Lipinski definition) is 1. The zero-order valence-corrected chi connectivity index (χ0v) is 10.8. The second-order valence-electron chi connectivity index (χ2n) is 4.28. The Hall–Kier alpha value is -1.80. The van der Waals surface area contributed by atoms with Crippen molar-refractivity contribution in [3.63, 3.8) is 0 Å². The van der Waals surface area contributed by atoms with Crippen molar-refractivity contribution in [1.29, 1.82) is 0 Å². The molecule has 1 unspecified atom stereocenters. The third-order valence-electron chi connectivity index (χ3n) is 3.06. The van der Waals surface area contributed by atoms with Gasteiger partial charge in [0.05, 0.1) is 13.2 Å². The second-order valence-corrected chi connectivity index (χ2v) is 4.28. The molecule has 0 aliphatic carbocycles. The summed E-state index contributed by atoms with van der Waals surface area (Å²) in [5.74, 6) is 0.842. The zero-order chi connectivity index (χ0) is 13.0. The van der Waals surface area contributed by atoms with E-state index in [2.05, 4.69) is 0 Å². The molecule has 0 aromatic heterocycles. The summed E-state index contributed by atoms with van der Waals surface area (Å²) in [7, 11) is 1.66. The van der Waals surface area contributed by atoms with Crippen molar-refractivity contribution in [1.82, 2.24) is 0 Å². The SMILES string of the molecule is CCC(O)c1cccc(-c2cccc(OC)c2)c1. The van der Waals surface area contributed by atoms with E-state index in [1.54, 1.807) is 7.11 Å². The Labute approximate surface area is 108 Å². The highest BCUT2D eigenvalue weighted by atomic mass is 16.5. The third kappa shape index (κ3) is 2.71. The fourth-order valence-corrected chi connectivity index (χ4v) is 1.96. The van der Waals surface area contributed by atoms with Crippen molar-refractivity contribution in [2.45, 2.75) is 19.4 Å². The molecular weight excluding hydrogens is 224 g/mol. The van der Waals surface area contributed by atoms with Gasteiger partial charge < -0.3 is 9.84 Å². The second kappa shape index (κ2) is 5.69. The van der Waals surface area contributed by atoms with Crippen LogP contribution in [-0.2, 0) is 0 Å². The van der Waals surface area contributed by atoms with E-state index < -0.39 is 6.10 Å². The van der Waals surface area contributed by atoms with Crippen molar-refractivity contribution in [3.05, 3.63) is 54.1 Å². The lowest BCUT2D eigenvalue weighted by atomic mass is 9.99. The van der Waals surface area contributed by atoms with Crippen molar-refractivity contribution in [2.75, 3.05) is 7.11 Å². The first kappa shape index (κ1) is 12.7. The van der Waals surface area contributed by atoms with Gasteiger partial charge in [-0.3, -0.25) is 0 Å². The Kier molecular flexibility index (Phi) is 4.00. The molecule has 94 valence electrons. The topological polar surface area (TPSA) is 29.5 Å². The van der Waals surface area contributed by atoms with Crippen LogP contribution in [0.25, 0.3) is 11.1 Å². The quantitative estimate of drug-likeness (QED) is 0.883. The summed E-state index contributed by atoms with van der Waals surface area (Å²) in [5, 5.41) is 9.88. The van der Waals surface area contributed by atoms with Gasteiger partial charge in [0.15, 0.2) is 0 Å². The van der Waals surface area contributed by atoms with Gasteiger partial charge in [-0.2, -0.15) is 0 Å². The van der Waals surface area contributed by atoms with Gasteiger partial charge in [0.25, 0.3) is 0 Å². The molecule has 0 aliphatic rings. The molecule has 0 spiro atoms. The van der Waals surface area contributed by atoms with E-state index in [0.717, 1.165) is 28.9 Å². The predicted octanol–water partition coefficient (Wildman–Crippen LogP) is 3.81. The van der Waals surface area contributed by atoms with Gasteiger partial charge in [0, 0.05) is 0 Å². The fourth-order valence-electron chi connectivity index (χ4n) is 1.96. The first-order chi connectivity index (χ1) is 8.74. The Balaban J connectivity index is 2.38. The maximum Gasteiger partial charge on any atom is 0.119 e. The minimum absolute atomic E-state index is 0.393. The first-order valence-electron chi connectivity index (χ1n) is 6.17. The molecular formula is C16H18O2. The molecule has 0 saturated carbocycles. The van der Waals surface area contributed by atoms with Gasteiger partial charge >= 0.3 is 0 Å². The fraction of sp³-hybridized carbons (Fsp3) is 0.250. The van der Waals surface area contributed by atoms with Crippen LogP contribution in [0, 0.1) is 0 Å². The van der Waals surface area contributed by atoms with Crippen molar-refractivity contribution in [2.24, 2.45) is 0 Å². The van der Waals surface area contributed by atoms with Crippen LogP contribution in [0.3, 0.4) is 0 Å². The third-order valence-corrected chi connectivity index (χ3v) is 3.06. The highest BCUT2D eigenvalue weighted by molar-refractivity contribution is 5.65. The number of ether oxygens (including phenoxy) is 1. The molecule has 1 atom stereocenters. The minimum atomic E-state index is -0.393. The predicted molar refractivity (Wildman–Crippen MR) is 73.7 cm³/mol. The van der Waals surface area contributed by atoms with E-state index in [1.807, 2.05) is 55.5 Å². The Morgan fingerprint density at radius 2 is 1.72 bits per heavy atom. The monoisotopic (exact) mass is 242 g/mol. The van der Waals surface area contributed by atoms with Crippen LogP contribution in [0.4, 0.5) is 0 Å². The van der Waals surface area contributed by atoms with Gasteiger partial charge in [-0.1, -0.05) is 37.3 Å². The van der Waals surface area contributed by atoms with Crippen LogP contribution in [0.1, 0.15) is 25.0 Å². The lowest BCUT2D eigenvalue weighted by Crippen LogP contribution is -1.95. The summed E-state index contributed by atoms with van der Waals surface area (Å²) in [5.41, 5.74) is 3.15. The van der Waals surface area contributed by atoms with E-state index >= 15 is 0 Å². The van der Waals surface area contributed by atoms with Crippen LogP contribution in [-0.4, -0.2) is 12.2 Å². The van der Waals surface area contributed by atoms with Gasteiger partial charge in [0.1, 0.15) is 5.75 Å². The van der Waals surface area contributed by atoms with Crippen LogP contribution in [0.5, 0.6) is 5.75 Å². The molecule has 2 nitrogen and oxygen atoms in total. The van der Waals surface area contributed by atoms with Gasteiger partial charge in [0.2, 0.25) is 0 Å². The van der Waals surface area contributed by atoms with E-state index in [9.17, 15) is 5.11 Å².